The van der Waals surface area contributed by atoms with Gasteiger partial charge in [0.05, 0.1) is 18.2 Å². The van der Waals surface area contributed by atoms with Crippen molar-refractivity contribution in [2.24, 2.45) is 11.8 Å². The van der Waals surface area contributed by atoms with Crippen molar-refractivity contribution in [2.75, 3.05) is 0 Å². The number of esters is 1. The highest BCUT2D eigenvalue weighted by molar-refractivity contribution is 5.83. The topological polar surface area (TPSA) is 105 Å². The minimum absolute atomic E-state index is 0.144. The van der Waals surface area contributed by atoms with E-state index in [0.717, 1.165) is 0 Å². The van der Waals surface area contributed by atoms with Crippen molar-refractivity contribution in [2.45, 2.75) is 118 Å². The fraction of sp³-hybridized carbons (Fsp3) is 0.800. The lowest BCUT2D eigenvalue weighted by atomic mass is 9.85. The van der Waals surface area contributed by atoms with Crippen LogP contribution in [0.2, 0.25) is 0 Å². The largest absolute Gasteiger partial charge is 0.458 e. The lowest BCUT2D eigenvalue weighted by molar-refractivity contribution is -0.160. The molecule has 0 radical (unpaired) electrons. The van der Waals surface area contributed by atoms with Gasteiger partial charge < -0.3 is 19.9 Å². The van der Waals surface area contributed by atoms with Crippen LogP contribution in [0.1, 0.15) is 82.1 Å². The Balaban J connectivity index is 3.61. The van der Waals surface area contributed by atoms with Crippen LogP contribution in [-0.4, -0.2) is 63.4 Å². The molecular weight excluding hydrogens is 424 g/mol. The maximum Gasteiger partial charge on any atom is 0.411 e. The van der Waals surface area contributed by atoms with Gasteiger partial charge in [-0.2, -0.15) is 0 Å². The Morgan fingerprint density at radius 1 is 1.12 bits per heavy atom. The molecular formula is C25H44N2O6. The molecule has 0 saturated carbocycles. The number of ether oxygens (including phenoxy) is 2. The Hall–Kier alpha value is -2.09. The van der Waals surface area contributed by atoms with Crippen molar-refractivity contribution >= 4 is 18.0 Å². The number of carbonyl (C=O) groups is 3. The van der Waals surface area contributed by atoms with Crippen LogP contribution in [-0.2, 0) is 19.1 Å². The standard InChI is InChI=1S/C25H44N2O6/c1-11-13-17-14-18(22(30)32-24(5,6)7)27(23(31)33-25(8,9)10)20(17)19(26-16(4)28)21(29)15(3)12-2/h11,13,15,17-21,29H,12,14H2,1-10H3,(H,26,28)/t15-,17+,18-,19+,20+,21+/m0/s1. The van der Waals surface area contributed by atoms with Crippen LogP contribution in [0.25, 0.3) is 0 Å². The Morgan fingerprint density at radius 3 is 2.09 bits per heavy atom. The maximum atomic E-state index is 13.4. The van der Waals surface area contributed by atoms with E-state index >= 15 is 0 Å². The summed E-state index contributed by atoms with van der Waals surface area (Å²) in [6.45, 7) is 17.6. The summed E-state index contributed by atoms with van der Waals surface area (Å²) in [4.78, 5) is 40.1. The van der Waals surface area contributed by atoms with Crippen LogP contribution >= 0.6 is 0 Å². The first-order valence-corrected chi connectivity index (χ1v) is 11.8. The Morgan fingerprint density at radius 2 is 1.67 bits per heavy atom. The second-order valence-corrected chi connectivity index (χ2v) is 11.0. The van der Waals surface area contributed by atoms with E-state index in [1.54, 1.807) is 41.5 Å². The minimum Gasteiger partial charge on any atom is -0.458 e. The number of hydrogen-bond acceptors (Lipinski definition) is 6. The summed E-state index contributed by atoms with van der Waals surface area (Å²) >= 11 is 0. The lowest BCUT2D eigenvalue weighted by Gasteiger charge is -2.40. The van der Waals surface area contributed by atoms with E-state index in [2.05, 4.69) is 5.32 Å². The van der Waals surface area contributed by atoms with E-state index < -0.39 is 47.5 Å². The molecule has 190 valence electrons. The number of nitrogens with zero attached hydrogens (tertiary/aromatic N) is 1. The maximum absolute atomic E-state index is 13.4. The predicted octanol–water partition coefficient (Wildman–Crippen LogP) is 3.81. The first-order valence-electron chi connectivity index (χ1n) is 11.8. The molecule has 0 aliphatic carbocycles. The average Bonchev–Trinajstić information content (AvgIpc) is 3.01. The van der Waals surface area contributed by atoms with Gasteiger partial charge in [0.25, 0.3) is 0 Å². The number of amides is 2. The number of aliphatic hydroxyl groups excluding tert-OH is 1. The molecule has 0 unspecified atom stereocenters. The van der Waals surface area contributed by atoms with Crippen LogP contribution < -0.4 is 5.32 Å². The predicted molar refractivity (Wildman–Crippen MR) is 127 cm³/mol. The first-order chi connectivity index (χ1) is 15.0. The number of hydrogen-bond donors (Lipinski definition) is 2. The molecule has 2 N–H and O–H groups in total. The molecule has 6 atom stereocenters. The van der Waals surface area contributed by atoms with Crippen molar-refractivity contribution < 1.29 is 29.0 Å². The molecule has 1 aliphatic rings. The number of carbonyl (C=O) groups excluding carboxylic acids is 3. The van der Waals surface area contributed by atoms with Crippen LogP contribution in [0.15, 0.2) is 12.2 Å². The van der Waals surface area contributed by atoms with Gasteiger partial charge in [0.1, 0.15) is 17.2 Å². The minimum atomic E-state index is -0.932. The summed E-state index contributed by atoms with van der Waals surface area (Å²) < 4.78 is 11.3. The Labute approximate surface area is 199 Å². The normalized spacial score (nSPS) is 24.3. The number of likely N-dealkylation sites (tertiary alicyclic amines) is 1. The van der Waals surface area contributed by atoms with Gasteiger partial charge in [-0.05, 0) is 60.8 Å². The van der Waals surface area contributed by atoms with Crippen LogP contribution in [0.4, 0.5) is 4.79 Å². The molecule has 0 aromatic rings. The smallest absolute Gasteiger partial charge is 0.411 e. The van der Waals surface area contributed by atoms with Gasteiger partial charge >= 0.3 is 12.1 Å². The summed E-state index contributed by atoms with van der Waals surface area (Å²) in [6.07, 6.45) is 3.13. The Bertz CT molecular complexity index is 721. The van der Waals surface area contributed by atoms with Gasteiger partial charge in [0.2, 0.25) is 5.91 Å². The second kappa shape index (κ2) is 11.4. The second-order valence-electron chi connectivity index (χ2n) is 11.0. The third-order valence-corrected chi connectivity index (χ3v) is 5.65. The molecule has 0 spiro atoms. The third-order valence-electron chi connectivity index (χ3n) is 5.65. The highest BCUT2D eigenvalue weighted by Gasteiger charge is 2.53. The zero-order valence-corrected chi connectivity index (χ0v) is 22.0. The molecule has 8 nitrogen and oxygen atoms in total. The van der Waals surface area contributed by atoms with Crippen LogP contribution in [0.3, 0.4) is 0 Å². The highest BCUT2D eigenvalue weighted by Crippen LogP contribution is 2.37. The van der Waals surface area contributed by atoms with Gasteiger partial charge in [-0.25, -0.2) is 9.59 Å². The molecule has 0 aromatic heterocycles. The van der Waals surface area contributed by atoms with Crippen LogP contribution in [0, 0.1) is 11.8 Å². The number of nitrogens with one attached hydrogen (secondary N) is 1. The Kier molecular flexibility index (Phi) is 9.96. The molecule has 1 saturated heterocycles. The SMILES string of the molecule is CC=C[C@@H]1C[C@@H](C(=O)OC(C)(C)C)N(C(=O)OC(C)(C)C)[C@H]1[C@@H](NC(C)=O)[C@H](O)[C@@H](C)CC. The van der Waals surface area contributed by atoms with Crippen LogP contribution in [0.5, 0.6) is 0 Å². The van der Waals surface area contributed by atoms with E-state index in [1.165, 1.54) is 11.8 Å². The number of rotatable bonds is 7. The number of aliphatic hydroxyl groups is 1. The third kappa shape index (κ3) is 8.32. The van der Waals surface area contributed by atoms with E-state index in [-0.39, 0.29) is 17.7 Å². The van der Waals surface area contributed by atoms with E-state index in [1.807, 2.05) is 32.9 Å². The van der Waals surface area contributed by atoms with Gasteiger partial charge in [-0.15, -0.1) is 0 Å². The molecule has 33 heavy (non-hydrogen) atoms. The highest BCUT2D eigenvalue weighted by atomic mass is 16.6. The average molecular weight is 469 g/mol. The molecule has 1 fully saturated rings. The van der Waals surface area contributed by atoms with Gasteiger partial charge in [0.15, 0.2) is 0 Å². The summed E-state index contributed by atoms with van der Waals surface area (Å²) in [5.41, 5.74) is -1.53. The molecule has 1 heterocycles. The first kappa shape index (κ1) is 28.9. The fourth-order valence-electron chi connectivity index (χ4n) is 4.15. The monoisotopic (exact) mass is 468 g/mol. The van der Waals surface area contributed by atoms with Gasteiger partial charge in [0, 0.05) is 12.8 Å². The van der Waals surface area contributed by atoms with Crippen molar-refractivity contribution in [1.29, 1.82) is 0 Å². The molecule has 0 bridgehead atoms. The quantitative estimate of drug-likeness (QED) is 0.435. The van der Waals surface area contributed by atoms with E-state index in [9.17, 15) is 19.5 Å². The zero-order chi connectivity index (χ0) is 25.7. The van der Waals surface area contributed by atoms with E-state index in [0.29, 0.717) is 12.8 Å². The van der Waals surface area contributed by atoms with Gasteiger partial charge in [-0.1, -0.05) is 32.4 Å². The molecule has 0 aromatic carbocycles. The van der Waals surface area contributed by atoms with Crippen molar-refractivity contribution in [3.8, 4) is 0 Å². The van der Waals surface area contributed by atoms with Crippen molar-refractivity contribution in [3.63, 3.8) is 0 Å². The number of allylic oxidation sites excluding steroid dienone is 1. The van der Waals surface area contributed by atoms with Gasteiger partial charge in [-0.3, -0.25) is 9.69 Å². The summed E-state index contributed by atoms with van der Waals surface area (Å²) in [5.74, 6) is -1.30. The molecule has 2 amide bonds. The summed E-state index contributed by atoms with van der Waals surface area (Å²) in [6, 6.07) is -2.40. The lowest BCUT2D eigenvalue weighted by Crippen LogP contribution is -2.61. The molecule has 1 rings (SSSR count). The summed E-state index contributed by atoms with van der Waals surface area (Å²) in [7, 11) is 0. The molecule has 1 aliphatic heterocycles. The molecule has 8 heteroatoms. The van der Waals surface area contributed by atoms with E-state index in [4.69, 9.17) is 9.47 Å². The van der Waals surface area contributed by atoms with Crippen molar-refractivity contribution in [3.05, 3.63) is 12.2 Å². The fourth-order valence-corrected chi connectivity index (χ4v) is 4.15. The van der Waals surface area contributed by atoms with Crippen molar-refractivity contribution in [1.82, 2.24) is 10.2 Å². The summed E-state index contributed by atoms with van der Waals surface area (Å²) in [5, 5.41) is 14.0. The zero-order valence-electron chi connectivity index (χ0n) is 22.0.